The van der Waals surface area contributed by atoms with E-state index in [1.807, 2.05) is 0 Å². The molecule has 0 aromatic rings. The van der Waals surface area contributed by atoms with Gasteiger partial charge in [-0.05, 0) is 44.9 Å². The van der Waals surface area contributed by atoms with Gasteiger partial charge in [-0.1, -0.05) is 200 Å². The highest BCUT2D eigenvalue weighted by Gasteiger charge is 2.19. The van der Waals surface area contributed by atoms with E-state index in [1.165, 1.54) is 148 Å². The van der Waals surface area contributed by atoms with E-state index in [4.69, 9.17) is 14.2 Å². The van der Waals surface area contributed by atoms with Crippen LogP contribution in [0.2, 0.25) is 0 Å². The smallest absolute Gasteiger partial charge is 0.306 e. The minimum Gasteiger partial charge on any atom is -0.462 e. The van der Waals surface area contributed by atoms with Gasteiger partial charge in [0.25, 0.3) is 0 Å². The van der Waals surface area contributed by atoms with Crippen molar-refractivity contribution in [3.63, 3.8) is 0 Å². The number of allylic oxidation sites excluding steroid dienone is 2. The Morgan fingerprint density at radius 2 is 0.623 bits per heavy atom. The number of carbonyl (C=O) groups excluding carboxylic acids is 3. The summed E-state index contributed by atoms with van der Waals surface area (Å²) in [5.41, 5.74) is 0. The van der Waals surface area contributed by atoms with Crippen molar-refractivity contribution in [2.45, 2.75) is 258 Å². The van der Waals surface area contributed by atoms with Crippen LogP contribution < -0.4 is 0 Å². The van der Waals surface area contributed by atoms with Gasteiger partial charge in [0, 0.05) is 19.3 Å². The van der Waals surface area contributed by atoms with Gasteiger partial charge >= 0.3 is 17.9 Å². The van der Waals surface area contributed by atoms with Gasteiger partial charge in [-0.15, -0.1) is 0 Å². The van der Waals surface area contributed by atoms with E-state index in [9.17, 15) is 14.4 Å². The number of rotatable bonds is 42. The topological polar surface area (TPSA) is 78.9 Å². The van der Waals surface area contributed by atoms with E-state index in [-0.39, 0.29) is 31.1 Å². The van der Waals surface area contributed by atoms with Crippen LogP contribution in [0.3, 0.4) is 0 Å². The van der Waals surface area contributed by atoms with Crippen LogP contribution in [0.15, 0.2) is 12.2 Å². The Morgan fingerprint density at radius 3 is 0.943 bits per heavy atom. The van der Waals surface area contributed by atoms with Crippen molar-refractivity contribution >= 4 is 17.9 Å². The minimum atomic E-state index is -0.763. The van der Waals surface area contributed by atoms with Crippen molar-refractivity contribution in [3.05, 3.63) is 12.2 Å². The first-order valence-electron chi connectivity index (χ1n) is 23.2. The summed E-state index contributed by atoms with van der Waals surface area (Å²) >= 11 is 0. The minimum absolute atomic E-state index is 0.0691. The molecule has 0 aliphatic rings. The molecule has 0 amide bonds. The first-order valence-corrected chi connectivity index (χ1v) is 23.2. The molecule has 0 aromatic heterocycles. The van der Waals surface area contributed by atoms with Crippen molar-refractivity contribution in [1.82, 2.24) is 0 Å². The molecule has 0 saturated heterocycles. The normalized spacial score (nSPS) is 12.0. The van der Waals surface area contributed by atoms with Crippen LogP contribution in [0.25, 0.3) is 0 Å². The van der Waals surface area contributed by atoms with E-state index in [2.05, 4.69) is 32.9 Å². The summed E-state index contributed by atoms with van der Waals surface area (Å²) in [4.78, 5) is 37.6. The van der Waals surface area contributed by atoms with Crippen LogP contribution in [0, 0.1) is 0 Å². The molecule has 0 fully saturated rings. The van der Waals surface area contributed by atoms with Gasteiger partial charge in [0.05, 0.1) is 0 Å². The van der Waals surface area contributed by atoms with Gasteiger partial charge in [-0.3, -0.25) is 14.4 Å². The summed E-state index contributed by atoms with van der Waals surface area (Å²) in [7, 11) is 0. The fourth-order valence-electron chi connectivity index (χ4n) is 6.73. The SMILES string of the molecule is CCCCCCC/C=C\CCCCCCCC(=O)OCC(COC(=O)CCCCCCCCC)OC(=O)CCCCCCCCCCCCCCCC. The van der Waals surface area contributed by atoms with E-state index in [0.717, 1.165) is 64.2 Å². The molecule has 0 aliphatic carbocycles. The lowest BCUT2D eigenvalue weighted by molar-refractivity contribution is -0.167. The van der Waals surface area contributed by atoms with Gasteiger partial charge < -0.3 is 14.2 Å². The van der Waals surface area contributed by atoms with Gasteiger partial charge in [0.15, 0.2) is 6.10 Å². The summed E-state index contributed by atoms with van der Waals surface area (Å²) in [6.07, 6.45) is 44.9. The lowest BCUT2D eigenvalue weighted by Gasteiger charge is -2.18. The number of ether oxygens (including phenoxy) is 3. The van der Waals surface area contributed by atoms with Gasteiger partial charge in [-0.25, -0.2) is 0 Å². The molecule has 0 bridgehead atoms. The maximum Gasteiger partial charge on any atom is 0.306 e. The Bertz CT molecular complexity index is 824. The number of hydrogen-bond donors (Lipinski definition) is 0. The molecule has 0 radical (unpaired) electrons. The van der Waals surface area contributed by atoms with E-state index in [1.54, 1.807) is 0 Å². The lowest BCUT2D eigenvalue weighted by Crippen LogP contribution is -2.30. The van der Waals surface area contributed by atoms with Crippen molar-refractivity contribution in [1.29, 1.82) is 0 Å². The third kappa shape index (κ3) is 41.2. The molecule has 312 valence electrons. The maximum atomic E-state index is 12.7. The molecule has 0 aliphatic heterocycles. The molecule has 0 spiro atoms. The van der Waals surface area contributed by atoms with Crippen molar-refractivity contribution in [2.75, 3.05) is 13.2 Å². The van der Waals surface area contributed by atoms with E-state index >= 15 is 0 Å². The molecule has 0 heterocycles. The standard InChI is InChI=1S/C47H88O6/c1-4-7-10-13-16-18-20-22-24-26-28-31-34-37-40-46(49)52-43-44(42-51-45(48)39-36-33-30-15-12-9-6-3)53-47(50)41-38-35-32-29-27-25-23-21-19-17-14-11-8-5-2/h20,22,44H,4-19,21,23-43H2,1-3H3/b22-20-. The average molecular weight is 749 g/mol. The molecule has 1 atom stereocenters. The van der Waals surface area contributed by atoms with Gasteiger partial charge in [-0.2, -0.15) is 0 Å². The second kappa shape index (κ2) is 42.9. The highest BCUT2D eigenvalue weighted by molar-refractivity contribution is 5.71. The Kier molecular flexibility index (Phi) is 41.4. The Balaban J connectivity index is 4.28. The monoisotopic (exact) mass is 749 g/mol. The number of esters is 3. The first-order chi connectivity index (χ1) is 26.0. The van der Waals surface area contributed by atoms with Crippen molar-refractivity contribution in [3.8, 4) is 0 Å². The van der Waals surface area contributed by atoms with Crippen LogP contribution in [0.5, 0.6) is 0 Å². The highest BCUT2D eigenvalue weighted by atomic mass is 16.6. The fourth-order valence-corrected chi connectivity index (χ4v) is 6.73. The molecule has 0 rings (SSSR count). The van der Waals surface area contributed by atoms with Gasteiger partial charge in [0.1, 0.15) is 13.2 Å². The summed E-state index contributed by atoms with van der Waals surface area (Å²) in [5, 5.41) is 0. The molecule has 0 aromatic carbocycles. The molecule has 6 nitrogen and oxygen atoms in total. The third-order valence-corrected chi connectivity index (χ3v) is 10.3. The van der Waals surface area contributed by atoms with Crippen LogP contribution in [0.1, 0.15) is 252 Å². The maximum absolute atomic E-state index is 12.7. The van der Waals surface area contributed by atoms with Crippen LogP contribution >= 0.6 is 0 Å². The predicted octanol–water partition coefficient (Wildman–Crippen LogP) is 14.6. The number of unbranched alkanes of at least 4 members (excludes halogenated alkanes) is 29. The predicted molar refractivity (Wildman–Crippen MR) is 224 cm³/mol. The average Bonchev–Trinajstić information content (AvgIpc) is 3.15. The second-order valence-electron chi connectivity index (χ2n) is 15.7. The zero-order valence-corrected chi connectivity index (χ0v) is 35.6. The molecule has 1 unspecified atom stereocenters. The summed E-state index contributed by atoms with van der Waals surface area (Å²) < 4.78 is 16.7. The van der Waals surface area contributed by atoms with E-state index < -0.39 is 6.10 Å². The fraction of sp³-hybridized carbons (Fsp3) is 0.894. The Morgan fingerprint density at radius 1 is 0.358 bits per heavy atom. The second-order valence-corrected chi connectivity index (χ2v) is 15.7. The molecule has 0 saturated carbocycles. The third-order valence-electron chi connectivity index (χ3n) is 10.3. The zero-order chi connectivity index (χ0) is 38.7. The van der Waals surface area contributed by atoms with Crippen LogP contribution in [-0.4, -0.2) is 37.2 Å². The highest BCUT2D eigenvalue weighted by Crippen LogP contribution is 2.15. The molecule has 53 heavy (non-hydrogen) atoms. The largest absolute Gasteiger partial charge is 0.462 e. The Hall–Kier alpha value is -1.85. The van der Waals surface area contributed by atoms with Crippen molar-refractivity contribution in [2.24, 2.45) is 0 Å². The molecule has 0 N–H and O–H groups in total. The van der Waals surface area contributed by atoms with Crippen molar-refractivity contribution < 1.29 is 28.6 Å². The zero-order valence-electron chi connectivity index (χ0n) is 35.6. The van der Waals surface area contributed by atoms with Crippen LogP contribution in [-0.2, 0) is 28.6 Å². The lowest BCUT2D eigenvalue weighted by atomic mass is 10.0. The molecular formula is C47H88O6. The quantitative estimate of drug-likeness (QED) is 0.0268. The number of carbonyl (C=O) groups is 3. The molecule has 6 heteroatoms. The summed E-state index contributed by atoms with van der Waals surface area (Å²) in [6.45, 7) is 6.59. The Labute approximate surface area is 329 Å². The van der Waals surface area contributed by atoms with Gasteiger partial charge in [0.2, 0.25) is 0 Å². The van der Waals surface area contributed by atoms with Crippen LogP contribution in [0.4, 0.5) is 0 Å². The molecular weight excluding hydrogens is 661 g/mol. The summed E-state index contributed by atoms with van der Waals surface area (Å²) in [6, 6.07) is 0. The number of hydrogen-bond acceptors (Lipinski definition) is 6. The first kappa shape index (κ1) is 51.1. The van der Waals surface area contributed by atoms with E-state index in [0.29, 0.717) is 19.3 Å². The summed E-state index contributed by atoms with van der Waals surface area (Å²) in [5.74, 6) is -0.875.